The van der Waals surface area contributed by atoms with E-state index in [0.29, 0.717) is 0 Å². The highest BCUT2D eigenvalue weighted by Gasteiger charge is 2.19. The minimum Gasteiger partial charge on any atom is -0.488 e. The molecule has 16 heavy (non-hydrogen) atoms. The molecule has 0 aliphatic carbocycles. The lowest BCUT2D eigenvalue weighted by molar-refractivity contribution is 0.0231. The third kappa shape index (κ3) is 5.17. The first-order chi connectivity index (χ1) is 7.49. The first-order valence-electron chi connectivity index (χ1n) is 5.85. The molecule has 0 unspecified atom stereocenters. The molecule has 2 heteroatoms. The molecule has 0 saturated carbocycles. The molecule has 2 nitrogen and oxygen atoms in total. The van der Waals surface area contributed by atoms with Gasteiger partial charge in [0.2, 0.25) is 0 Å². The van der Waals surface area contributed by atoms with E-state index in [9.17, 15) is 0 Å². The Morgan fingerprint density at radius 1 is 1.12 bits per heavy atom. The quantitative estimate of drug-likeness (QED) is 0.731. The smallest absolute Gasteiger partial charge is 0.120 e. The van der Waals surface area contributed by atoms with Crippen molar-refractivity contribution in [3.63, 3.8) is 0 Å². The van der Waals surface area contributed by atoms with Crippen LogP contribution < -0.4 is 4.74 Å². The Hall–Kier alpha value is -1.02. The highest BCUT2D eigenvalue weighted by molar-refractivity contribution is 5.21. The zero-order chi connectivity index (χ0) is 12.0. The Labute approximate surface area is 98.6 Å². The highest BCUT2D eigenvalue weighted by atomic mass is 16.5. The van der Waals surface area contributed by atoms with Crippen LogP contribution >= 0.6 is 0 Å². The lowest BCUT2D eigenvalue weighted by Gasteiger charge is -2.26. The molecule has 0 heterocycles. The number of benzene rings is 1. The third-order valence-electron chi connectivity index (χ3n) is 2.29. The zero-order valence-electron chi connectivity index (χ0n) is 10.7. The SMILES string of the molecule is CC(C)OCCC(C)(C)Oc1ccccc1. The van der Waals surface area contributed by atoms with E-state index in [-0.39, 0.29) is 11.7 Å². The minimum absolute atomic E-state index is 0.184. The summed E-state index contributed by atoms with van der Waals surface area (Å²) in [5, 5.41) is 0. The molecule has 1 aromatic carbocycles. The predicted octanol–water partition coefficient (Wildman–Crippen LogP) is 3.66. The lowest BCUT2D eigenvalue weighted by atomic mass is 10.1. The van der Waals surface area contributed by atoms with E-state index in [1.807, 2.05) is 44.2 Å². The van der Waals surface area contributed by atoms with Gasteiger partial charge in [-0.2, -0.15) is 0 Å². The molecule has 0 aliphatic rings. The largest absolute Gasteiger partial charge is 0.488 e. The number of para-hydroxylation sites is 1. The van der Waals surface area contributed by atoms with Crippen LogP contribution in [0.2, 0.25) is 0 Å². The van der Waals surface area contributed by atoms with E-state index in [1.165, 1.54) is 0 Å². The summed E-state index contributed by atoms with van der Waals surface area (Å²) in [6.45, 7) is 9.00. The predicted molar refractivity (Wildman–Crippen MR) is 66.9 cm³/mol. The van der Waals surface area contributed by atoms with E-state index in [2.05, 4.69) is 13.8 Å². The molecule has 0 spiro atoms. The van der Waals surface area contributed by atoms with Crippen molar-refractivity contribution in [3.8, 4) is 5.75 Å². The van der Waals surface area contributed by atoms with Gasteiger partial charge in [0.25, 0.3) is 0 Å². The molecule has 0 saturated heterocycles. The van der Waals surface area contributed by atoms with E-state index in [1.54, 1.807) is 0 Å². The molecular weight excluding hydrogens is 200 g/mol. The van der Waals surface area contributed by atoms with Crippen LogP contribution in [0, 0.1) is 0 Å². The van der Waals surface area contributed by atoms with Crippen molar-refractivity contribution < 1.29 is 9.47 Å². The topological polar surface area (TPSA) is 18.5 Å². The monoisotopic (exact) mass is 222 g/mol. The molecule has 0 atom stereocenters. The maximum atomic E-state index is 5.90. The standard InChI is InChI=1S/C14H22O2/c1-12(2)15-11-10-14(3,4)16-13-8-6-5-7-9-13/h5-9,12H,10-11H2,1-4H3. The summed E-state index contributed by atoms with van der Waals surface area (Å²) in [7, 11) is 0. The fourth-order valence-electron chi connectivity index (χ4n) is 1.40. The fourth-order valence-corrected chi connectivity index (χ4v) is 1.40. The van der Waals surface area contributed by atoms with Crippen molar-refractivity contribution in [1.29, 1.82) is 0 Å². The third-order valence-corrected chi connectivity index (χ3v) is 2.29. The van der Waals surface area contributed by atoms with Gasteiger partial charge in [0, 0.05) is 6.42 Å². The van der Waals surface area contributed by atoms with Crippen LogP contribution in [-0.4, -0.2) is 18.3 Å². The van der Waals surface area contributed by atoms with Gasteiger partial charge in [-0.25, -0.2) is 0 Å². The van der Waals surface area contributed by atoms with E-state index in [4.69, 9.17) is 9.47 Å². The molecule has 0 radical (unpaired) electrons. The summed E-state index contributed by atoms with van der Waals surface area (Å²) < 4.78 is 11.4. The Balaban J connectivity index is 2.39. The lowest BCUT2D eigenvalue weighted by Crippen LogP contribution is -2.30. The van der Waals surface area contributed by atoms with Crippen molar-refractivity contribution >= 4 is 0 Å². The van der Waals surface area contributed by atoms with Gasteiger partial charge >= 0.3 is 0 Å². The maximum absolute atomic E-state index is 5.90. The van der Waals surface area contributed by atoms with Crippen LogP contribution in [-0.2, 0) is 4.74 Å². The maximum Gasteiger partial charge on any atom is 0.120 e. The van der Waals surface area contributed by atoms with E-state index < -0.39 is 0 Å². The molecule has 0 aromatic heterocycles. The average Bonchev–Trinajstić information content (AvgIpc) is 2.17. The summed E-state index contributed by atoms with van der Waals surface area (Å²) in [5.74, 6) is 0.914. The van der Waals surface area contributed by atoms with Gasteiger partial charge in [0.05, 0.1) is 12.7 Å². The van der Waals surface area contributed by atoms with Crippen molar-refractivity contribution in [3.05, 3.63) is 30.3 Å². The van der Waals surface area contributed by atoms with E-state index in [0.717, 1.165) is 18.8 Å². The number of ether oxygens (including phenoxy) is 2. The summed E-state index contributed by atoms with van der Waals surface area (Å²) in [6.07, 6.45) is 1.17. The molecule has 1 aromatic rings. The Bertz CT molecular complexity index is 291. The fraction of sp³-hybridized carbons (Fsp3) is 0.571. The average molecular weight is 222 g/mol. The molecular formula is C14H22O2. The van der Waals surface area contributed by atoms with Crippen molar-refractivity contribution in [2.45, 2.75) is 45.8 Å². The van der Waals surface area contributed by atoms with Crippen molar-refractivity contribution in [2.75, 3.05) is 6.61 Å². The van der Waals surface area contributed by atoms with Gasteiger partial charge in [0.1, 0.15) is 11.4 Å². The van der Waals surface area contributed by atoms with Crippen molar-refractivity contribution in [1.82, 2.24) is 0 Å². The molecule has 0 fully saturated rings. The first kappa shape index (κ1) is 13.0. The van der Waals surface area contributed by atoms with Crippen LogP contribution in [0.3, 0.4) is 0 Å². The molecule has 90 valence electrons. The number of hydrogen-bond acceptors (Lipinski definition) is 2. The summed E-state index contributed by atoms with van der Waals surface area (Å²) >= 11 is 0. The summed E-state index contributed by atoms with van der Waals surface area (Å²) in [6, 6.07) is 9.91. The minimum atomic E-state index is -0.184. The van der Waals surface area contributed by atoms with Crippen LogP contribution in [0.1, 0.15) is 34.1 Å². The summed E-state index contributed by atoms with van der Waals surface area (Å²) in [5.41, 5.74) is -0.184. The van der Waals surface area contributed by atoms with Gasteiger partial charge in [-0.1, -0.05) is 18.2 Å². The van der Waals surface area contributed by atoms with Crippen molar-refractivity contribution in [2.24, 2.45) is 0 Å². The van der Waals surface area contributed by atoms with Gasteiger partial charge < -0.3 is 9.47 Å². The molecule has 0 bridgehead atoms. The van der Waals surface area contributed by atoms with Crippen LogP contribution in [0.5, 0.6) is 5.75 Å². The van der Waals surface area contributed by atoms with Crippen LogP contribution in [0.4, 0.5) is 0 Å². The second-order valence-corrected chi connectivity index (χ2v) is 4.84. The molecule has 0 N–H and O–H groups in total. The normalized spacial score (nSPS) is 11.8. The van der Waals surface area contributed by atoms with Crippen LogP contribution in [0.25, 0.3) is 0 Å². The molecule has 0 amide bonds. The van der Waals surface area contributed by atoms with Gasteiger partial charge in [-0.05, 0) is 39.8 Å². The number of rotatable bonds is 6. The van der Waals surface area contributed by atoms with Gasteiger partial charge in [-0.3, -0.25) is 0 Å². The van der Waals surface area contributed by atoms with Gasteiger partial charge in [0.15, 0.2) is 0 Å². The Morgan fingerprint density at radius 3 is 2.31 bits per heavy atom. The molecule has 1 rings (SSSR count). The zero-order valence-corrected chi connectivity index (χ0v) is 10.7. The molecule has 0 aliphatic heterocycles. The second-order valence-electron chi connectivity index (χ2n) is 4.84. The second kappa shape index (κ2) is 5.90. The number of hydrogen-bond donors (Lipinski definition) is 0. The van der Waals surface area contributed by atoms with Crippen LogP contribution in [0.15, 0.2) is 30.3 Å². The Kier molecular flexibility index (Phi) is 4.81. The van der Waals surface area contributed by atoms with Gasteiger partial charge in [-0.15, -0.1) is 0 Å². The van der Waals surface area contributed by atoms with E-state index >= 15 is 0 Å². The summed E-state index contributed by atoms with van der Waals surface area (Å²) in [4.78, 5) is 0. The highest BCUT2D eigenvalue weighted by Crippen LogP contribution is 2.20. The Morgan fingerprint density at radius 2 is 1.75 bits per heavy atom. The first-order valence-corrected chi connectivity index (χ1v) is 5.85.